The van der Waals surface area contributed by atoms with Crippen molar-refractivity contribution >= 4 is 5.78 Å². The molecule has 1 aliphatic rings. The molecule has 3 heteroatoms. The first-order chi connectivity index (χ1) is 8.22. The number of hydrogen-bond donors (Lipinski definition) is 0. The molecule has 0 unspecified atom stereocenters. The Labute approximate surface area is 101 Å². The molecule has 0 radical (unpaired) electrons. The molecule has 0 N–H and O–H groups in total. The van der Waals surface area contributed by atoms with Crippen LogP contribution in [0.2, 0.25) is 0 Å². The summed E-state index contributed by atoms with van der Waals surface area (Å²) in [4.78, 5) is 11.6. The summed E-state index contributed by atoms with van der Waals surface area (Å²) in [7, 11) is 0. The zero-order valence-electron chi connectivity index (χ0n) is 9.99. The van der Waals surface area contributed by atoms with Gasteiger partial charge in [0.1, 0.15) is 18.1 Å². The molecule has 1 aromatic carbocycles. The van der Waals surface area contributed by atoms with Crippen molar-refractivity contribution in [1.82, 2.24) is 0 Å². The van der Waals surface area contributed by atoms with Gasteiger partial charge in [0.05, 0.1) is 12.2 Å². The first kappa shape index (κ1) is 11.7. The van der Waals surface area contributed by atoms with Crippen molar-refractivity contribution in [3.8, 4) is 11.5 Å². The first-order valence-electron chi connectivity index (χ1n) is 5.76. The number of fused-ring (bicyclic) bond motifs is 1. The second-order valence-corrected chi connectivity index (χ2v) is 4.06. The Balaban J connectivity index is 2.40. The molecule has 1 aromatic rings. The standard InChI is InChI=1S/C14H16O3/c1-3-6-16-14-9-13-11(5-4-7-17-13)8-12(14)10(2)15/h3,8-9H,1,4-7H2,2H3. The lowest BCUT2D eigenvalue weighted by Gasteiger charge is -2.19. The van der Waals surface area contributed by atoms with Gasteiger partial charge in [-0.05, 0) is 31.4 Å². The molecule has 0 fully saturated rings. The predicted molar refractivity (Wildman–Crippen MR) is 66.0 cm³/mol. The van der Waals surface area contributed by atoms with E-state index in [4.69, 9.17) is 9.47 Å². The van der Waals surface area contributed by atoms with E-state index in [2.05, 4.69) is 6.58 Å². The molecule has 2 rings (SSSR count). The largest absolute Gasteiger partial charge is 0.493 e. The van der Waals surface area contributed by atoms with Crippen LogP contribution in [0, 0.1) is 0 Å². The van der Waals surface area contributed by atoms with Gasteiger partial charge in [0, 0.05) is 6.07 Å². The highest BCUT2D eigenvalue weighted by molar-refractivity contribution is 5.97. The van der Waals surface area contributed by atoms with E-state index in [0.29, 0.717) is 17.9 Å². The maximum absolute atomic E-state index is 11.6. The molecule has 3 nitrogen and oxygen atoms in total. The Hall–Kier alpha value is -1.77. The molecule has 0 saturated heterocycles. The summed E-state index contributed by atoms with van der Waals surface area (Å²) < 4.78 is 11.1. The highest BCUT2D eigenvalue weighted by atomic mass is 16.5. The van der Waals surface area contributed by atoms with E-state index in [1.54, 1.807) is 13.0 Å². The monoisotopic (exact) mass is 232 g/mol. The maximum atomic E-state index is 11.6. The predicted octanol–water partition coefficient (Wildman–Crippen LogP) is 2.78. The minimum absolute atomic E-state index is 0.0115. The molecule has 0 amide bonds. The molecule has 90 valence electrons. The molecule has 0 aliphatic carbocycles. The van der Waals surface area contributed by atoms with Gasteiger partial charge in [0.2, 0.25) is 0 Å². The molecule has 0 saturated carbocycles. The quantitative estimate of drug-likeness (QED) is 0.591. The summed E-state index contributed by atoms with van der Waals surface area (Å²) in [5, 5.41) is 0. The SMILES string of the molecule is C=CCOc1cc2c(cc1C(C)=O)CCCO2. The molecule has 0 bridgehead atoms. The summed E-state index contributed by atoms with van der Waals surface area (Å²) in [5.41, 5.74) is 1.71. The summed E-state index contributed by atoms with van der Waals surface area (Å²) in [6.07, 6.45) is 3.61. The molecule has 1 heterocycles. The molecular formula is C14H16O3. The lowest BCUT2D eigenvalue weighted by atomic mass is 10.0. The zero-order valence-corrected chi connectivity index (χ0v) is 9.99. The summed E-state index contributed by atoms with van der Waals surface area (Å²) >= 11 is 0. The second-order valence-electron chi connectivity index (χ2n) is 4.06. The van der Waals surface area contributed by atoms with Crippen molar-refractivity contribution in [2.45, 2.75) is 19.8 Å². The van der Waals surface area contributed by atoms with Gasteiger partial charge < -0.3 is 9.47 Å². The van der Waals surface area contributed by atoms with E-state index < -0.39 is 0 Å². The Kier molecular flexibility index (Phi) is 3.47. The van der Waals surface area contributed by atoms with Crippen LogP contribution in [-0.4, -0.2) is 19.0 Å². The van der Waals surface area contributed by atoms with Gasteiger partial charge in [0.15, 0.2) is 5.78 Å². The van der Waals surface area contributed by atoms with Gasteiger partial charge in [-0.15, -0.1) is 0 Å². The summed E-state index contributed by atoms with van der Waals surface area (Å²) in [6.45, 7) is 6.26. The van der Waals surface area contributed by atoms with Gasteiger partial charge in [-0.1, -0.05) is 12.7 Å². The number of rotatable bonds is 4. The van der Waals surface area contributed by atoms with Crippen molar-refractivity contribution in [3.63, 3.8) is 0 Å². The van der Waals surface area contributed by atoms with Crippen LogP contribution in [0.1, 0.15) is 29.3 Å². The van der Waals surface area contributed by atoms with Gasteiger partial charge in [-0.3, -0.25) is 4.79 Å². The summed E-state index contributed by atoms with van der Waals surface area (Å²) in [5.74, 6) is 1.43. The van der Waals surface area contributed by atoms with Crippen molar-refractivity contribution in [2.75, 3.05) is 13.2 Å². The minimum Gasteiger partial charge on any atom is -0.493 e. The van der Waals surface area contributed by atoms with Crippen molar-refractivity contribution < 1.29 is 14.3 Å². The van der Waals surface area contributed by atoms with Gasteiger partial charge >= 0.3 is 0 Å². The smallest absolute Gasteiger partial charge is 0.163 e. The second kappa shape index (κ2) is 5.04. The number of benzene rings is 1. The van der Waals surface area contributed by atoms with Crippen molar-refractivity contribution in [3.05, 3.63) is 35.9 Å². The number of carbonyl (C=O) groups excluding carboxylic acids is 1. The fourth-order valence-corrected chi connectivity index (χ4v) is 1.92. The number of hydrogen-bond acceptors (Lipinski definition) is 3. The molecule has 0 atom stereocenters. The highest BCUT2D eigenvalue weighted by Crippen LogP contribution is 2.32. The van der Waals surface area contributed by atoms with Crippen LogP contribution >= 0.6 is 0 Å². The van der Waals surface area contributed by atoms with Crippen LogP contribution in [-0.2, 0) is 6.42 Å². The Morgan fingerprint density at radius 2 is 2.41 bits per heavy atom. The third-order valence-electron chi connectivity index (χ3n) is 2.75. The maximum Gasteiger partial charge on any atom is 0.163 e. The summed E-state index contributed by atoms with van der Waals surface area (Å²) in [6, 6.07) is 3.70. The number of carbonyl (C=O) groups is 1. The van der Waals surface area contributed by atoms with E-state index in [-0.39, 0.29) is 5.78 Å². The van der Waals surface area contributed by atoms with E-state index in [9.17, 15) is 4.79 Å². The van der Waals surface area contributed by atoms with E-state index in [1.165, 1.54) is 0 Å². The molecule has 0 aromatic heterocycles. The van der Waals surface area contributed by atoms with Crippen molar-refractivity contribution in [1.29, 1.82) is 0 Å². The van der Waals surface area contributed by atoms with Crippen LogP contribution in [0.4, 0.5) is 0 Å². The van der Waals surface area contributed by atoms with E-state index >= 15 is 0 Å². The molecular weight excluding hydrogens is 216 g/mol. The van der Waals surface area contributed by atoms with Crippen LogP contribution < -0.4 is 9.47 Å². The average Bonchev–Trinajstić information content (AvgIpc) is 2.35. The normalized spacial score (nSPS) is 13.5. The van der Waals surface area contributed by atoms with Gasteiger partial charge in [-0.25, -0.2) is 0 Å². The Morgan fingerprint density at radius 3 is 3.12 bits per heavy atom. The number of aryl methyl sites for hydroxylation is 1. The lowest BCUT2D eigenvalue weighted by molar-refractivity contribution is 0.101. The lowest BCUT2D eigenvalue weighted by Crippen LogP contribution is -2.11. The Bertz CT molecular complexity index is 449. The first-order valence-corrected chi connectivity index (χ1v) is 5.76. The Morgan fingerprint density at radius 1 is 1.59 bits per heavy atom. The van der Waals surface area contributed by atoms with Crippen LogP contribution in [0.3, 0.4) is 0 Å². The zero-order chi connectivity index (χ0) is 12.3. The molecule has 17 heavy (non-hydrogen) atoms. The number of ether oxygens (including phenoxy) is 2. The topological polar surface area (TPSA) is 35.5 Å². The fraction of sp³-hybridized carbons (Fsp3) is 0.357. The van der Waals surface area contributed by atoms with Crippen LogP contribution in [0.5, 0.6) is 11.5 Å². The number of Topliss-reactive ketones (excluding diaryl/α,β-unsaturated/α-hetero) is 1. The highest BCUT2D eigenvalue weighted by Gasteiger charge is 2.17. The van der Waals surface area contributed by atoms with Crippen LogP contribution in [0.25, 0.3) is 0 Å². The van der Waals surface area contributed by atoms with Crippen molar-refractivity contribution in [2.24, 2.45) is 0 Å². The molecule has 0 spiro atoms. The number of ketones is 1. The fourth-order valence-electron chi connectivity index (χ4n) is 1.92. The van der Waals surface area contributed by atoms with Gasteiger partial charge in [0.25, 0.3) is 0 Å². The third-order valence-corrected chi connectivity index (χ3v) is 2.75. The van der Waals surface area contributed by atoms with E-state index in [1.807, 2.05) is 12.1 Å². The van der Waals surface area contributed by atoms with Crippen LogP contribution in [0.15, 0.2) is 24.8 Å². The average molecular weight is 232 g/mol. The van der Waals surface area contributed by atoms with E-state index in [0.717, 1.165) is 30.8 Å². The molecule has 1 aliphatic heterocycles. The third kappa shape index (κ3) is 2.49. The van der Waals surface area contributed by atoms with Gasteiger partial charge in [-0.2, -0.15) is 0 Å². The minimum atomic E-state index is 0.0115.